The van der Waals surface area contributed by atoms with Crippen molar-refractivity contribution in [2.45, 2.75) is 42.4 Å². The average Bonchev–Trinajstić information content (AvgIpc) is 3.12. The molecule has 0 saturated heterocycles. The molecule has 5 unspecified atom stereocenters. The standard InChI is InChI=1S/C19H21NS/c1-2-4-15-13(3-1)7-8-20-19(15)21-18-6-5-14-9-12-10-16(14)17(18)11-12/h1-4,7-8,12,14,16-18H,5-6,9-11H2. The number of hydrogen-bond donors (Lipinski definition) is 0. The van der Waals surface area contributed by atoms with E-state index in [0.29, 0.717) is 0 Å². The van der Waals surface area contributed by atoms with Crippen molar-refractivity contribution in [1.82, 2.24) is 4.98 Å². The quantitative estimate of drug-likeness (QED) is 0.759. The molecule has 0 N–H and O–H groups in total. The van der Waals surface area contributed by atoms with Gasteiger partial charge in [0.25, 0.3) is 0 Å². The molecule has 3 aliphatic carbocycles. The van der Waals surface area contributed by atoms with Crippen molar-refractivity contribution in [2.75, 3.05) is 0 Å². The first kappa shape index (κ1) is 12.5. The van der Waals surface area contributed by atoms with Gasteiger partial charge < -0.3 is 0 Å². The van der Waals surface area contributed by atoms with Crippen LogP contribution in [0.2, 0.25) is 0 Å². The molecule has 1 heterocycles. The van der Waals surface area contributed by atoms with Gasteiger partial charge in [-0.15, -0.1) is 11.8 Å². The van der Waals surface area contributed by atoms with Crippen LogP contribution < -0.4 is 0 Å². The highest BCUT2D eigenvalue weighted by molar-refractivity contribution is 8.00. The Morgan fingerprint density at radius 3 is 2.81 bits per heavy atom. The number of aromatic nitrogens is 1. The molecule has 5 rings (SSSR count). The number of fused-ring (bicyclic) bond motifs is 2. The summed E-state index contributed by atoms with van der Waals surface area (Å²) < 4.78 is 0. The fourth-order valence-electron chi connectivity index (χ4n) is 5.38. The Morgan fingerprint density at radius 1 is 0.952 bits per heavy atom. The lowest BCUT2D eigenvalue weighted by Crippen LogP contribution is -2.34. The SMILES string of the molecule is c1ccc2c(SC3CCC4CC5CC4C3C5)nccc2c1. The summed E-state index contributed by atoms with van der Waals surface area (Å²) in [5, 5.41) is 4.75. The largest absolute Gasteiger partial charge is 0.249 e. The summed E-state index contributed by atoms with van der Waals surface area (Å²) in [7, 11) is 0. The van der Waals surface area contributed by atoms with E-state index < -0.39 is 0 Å². The summed E-state index contributed by atoms with van der Waals surface area (Å²) in [5.41, 5.74) is 0. The zero-order valence-electron chi connectivity index (χ0n) is 12.2. The van der Waals surface area contributed by atoms with Crippen LogP contribution in [0.5, 0.6) is 0 Å². The van der Waals surface area contributed by atoms with E-state index in [0.717, 1.165) is 28.9 Å². The van der Waals surface area contributed by atoms with Crippen LogP contribution in [-0.2, 0) is 0 Å². The van der Waals surface area contributed by atoms with E-state index in [2.05, 4.69) is 42.1 Å². The maximum atomic E-state index is 4.71. The predicted octanol–water partition coefficient (Wildman–Crippen LogP) is 5.15. The minimum absolute atomic E-state index is 0.815. The van der Waals surface area contributed by atoms with Gasteiger partial charge >= 0.3 is 0 Å². The van der Waals surface area contributed by atoms with Crippen LogP contribution in [0.1, 0.15) is 32.1 Å². The van der Waals surface area contributed by atoms with Crippen LogP contribution in [0, 0.1) is 23.7 Å². The number of pyridine rings is 1. The second kappa shape index (κ2) is 4.74. The molecular weight excluding hydrogens is 274 g/mol. The summed E-state index contributed by atoms with van der Waals surface area (Å²) in [4.78, 5) is 4.71. The molecule has 2 bridgehead atoms. The number of rotatable bonds is 2. The second-order valence-corrected chi connectivity index (χ2v) is 8.46. The zero-order valence-corrected chi connectivity index (χ0v) is 13.1. The zero-order chi connectivity index (χ0) is 13.8. The number of thioether (sulfide) groups is 1. The van der Waals surface area contributed by atoms with E-state index in [-0.39, 0.29) is 0 Å². The Morgan fingerprint density at radius 2 is 1.86 bits per heavy atom. The molecular formula is C19H21NS. The first-order chi connectivity index (χ1) is 10.4. The van der Waals surface area contributed by atoms with Crippen LogP contribution in [0.3, 0.4) is 0 Å². The number of hydrogen-bond acceptors (Lipinski definition) is 2. The average molecular weight is 295 g/mol. The summed E-state index contributed by atoms with van der Waals surface area (Å²) in [6.07, 6.45) is 9.45. The van der Waals surface area contributed by atoms with Crippen molar-refractivity contribution in [3.63, 3.8) is 0 Å². The monoisotopic (exact) mass is 295 g/mol. The van der Waals surface area contributed by atoms with Crippen molar-refractivity contribution in [1.29, 1.82) is 0 Å². The second-order valence-electron chi connectivity index (χ2n) is 7.23. The molecule has 0 aliphatic heterocycles. The van der Waals surface area contributed by atoms with Gasteiger partial charge in [-0.3, -0.25) is 0 Å². The summed E-state index contributed by atoms with van der Waals surface area (Å²) in [6.45, 7) is 0. The molecule has 3 saturated carbocycles. The number of benzene rings is 1. The van der Waals surface area contributed by atoms with E-state index >= 15 is 0 Å². The van der Waals surface area contributed by atoms with Crippen LogP contribution >= 0.6 is 11.8 Å². The molecule has 3 aliphatic rings. The van der Waals surface area contributed by atoms with Crippen LogP contribution in [0.25, 0.3) is 10.8 Å². The van der Waals surface area contributed by atoms with Gasteiger partial charge in [0.05, 0.1) is 0 Å². The fourth-order valence-corrected chi connectivity index (χ4v) is 6.84. The van der Waals surface area contributed by atoms with E-state index in [9.17, 15) is 0 Å². The number of nitrogens with zero attached hydrogens (tertiary/aromatic N) is 1. The van der Waals surface area contributed by atoms with Crippen LogP contribution in [0.15, 0.2) is 41.6 Å². The Balaban J connectivity index is 1.46. The smallest absolute Gasteiger partial charge is 0.104 e. The molecule has 0 spiro atoms. The molecule has 2 heteroatoms. The highest BCUT2D eigenvalue weighted by atomic mass is 32.2. The molecule has 1 nitrogen and oxygen atoms in total. The van der Waals surface area contributed by atoms with Gasteiger partial charge in [-0.05, 0) is 67.2 Å². The Kier molecular flexibility index (Phi) is 2.83. The van der Waals surface area contributed by atoms with E-state index in [1.54, 1.807) is 6.42 Å². The molecule has 5 atom stereocenters. The third-order valence-corrected chi connectivity index (χ3v) is 7.64. The van der Waals surface area contributed by atoms with E-state index in [1.165, 1.54) is 41.5 Å². The Hall–Kier alpha value is -1.02. The molecule has 3 fully saturated rings. The lowest BCUT2D eigenvalue weighted by Gasteiger charge is -2.40. The van der Waals surface area contributed by atoms with Gasteiger partial charge in [-0.1, -0.05) is 24.3 Å². The van der Waals surface area contributed by atoms with Gasteiger partial charge in [0, 0.05) is 16.8 Å². The van der Waals surface area contributed by atoms with Crippen molar-refractivity contribution in [3.05, 3.63) is 36.5 Å². The molecule has 0 amide bonds. The predicted molar refractivity (Wildman–Crippen MR) is 88.4 cm³/mol. The fraction of sp³-hybridized carbons (Fsp3) is 0.526. The maximum Gasteiger partial charge on any atom is 0.104 e. The third-order valence-electron chi connectivity index (χ3n) is 6.20. The molecule has 1 aromatic heterocycles. The third kappa shape index (κ3) is 1.95. The lowest BCUT2D eigenvalue weighted by molar-refractivity contribution is 0.171. The maximum absolute atomic E-state index is 4.71. The normalized spacial score (nSPS) is 37.2. The molecule has 108 valence electrons. The highest BCUT2D eigenvalue weighted by Crippen LogP contribution is 2.60. The van der Waals surface area contributed by atoms with E-state index in [4.69, 9.17) is 4.98 Å². The van der Waals surface area contributed by atoms with Crippen LogP contribution in [-0.4, -0.2) is 10.2 Å². The molecule has 21 heavy (non-hydrogen) atoms. The summed E-state index contributed by atoms with van der Waals surface area (Å²) >= 11 is 2.08. The molecule has 0 radical (unpaired) electrons. The first-order valence-electron chi connectivity index (χ1n) is 8.39. The van der Waals surface area contributed by atoms with Crippen LogP contribution in [0.4, 0.5) is 0 Å². The molecule has 2 aromatic rings. The topological polar surface area (TPSA) is 12.9 Å². The van der Waals surface area contributed by atoms with Gasteiger partial charge in [-0.25, -0.2) is 4.98 Å². The minimum Gasteiger partial charge on any atom is -0.249 e. The summed E-state index contributed by atoms with van der Waals surface area (Å²) in [6, 6.07) is 10.8. The Labute approximate surface area is 130 Å². The molecule has 1 aromatic carbocycles. The van der Waals surface area contributed by atoms with Crippen molar-refractivity contribution in [3.8, 4) is 0 Å². The van der Waals surface area contributed by atoms with Gasteiger partial charge in [0.15, 0.2) is 0 Å². The van der Waals surface area contributed by atoms with Gasteiger partial charge in [-0.2, -0.15) is 0 Å². The Bertz CT molecular complexity index is 677. The minimum atomic E-state index is 0.815. The van der Waals surface area contributed by atoms with E-state index in [1.807, 2.05) is 6.20 Å². The highest BCUT2D eigenvalue weighted by Gasteiger charge is 2.51. The van der Waals surface area contributed by atoms with Gasteiger partial charge in [0.2, 0.25) is 0 Å². The van der Waals surface area contributed by atoms with Crippen molar-refractivity contribution < 1.29 is 0 Å². The lowest BCUT2D eigenvalue weighted by atomic mass is 9.71. The first-order valence-corrected chi connectivity index (χ1v) is 9.27. The van der Waals surface area contributed by atoms with Gasteiger partial charge in [0.1, 0.15) is 5.03 Å². The van der Waals surface area contributed by atoms with Crippen molar-refractivity contribution >= 4 is 22.5 Å². The van der Waals surface area contributed by atoms with Crippen molar-refractivity contribution in [2.24, 2.45) is 23.7 Å². The summed E-state index contributed by atoms with van der Waals surface area (Å²) in [5.74, 6) is 4.17.